The second-order valence-corrected chi connectivity index (χ2v) is 4.31. The van der Waals surface area contributed by atoms with E-state index < -0.39 is 6.10 Å². The maximum atomic E-state index is 10.3. The SMILES string of the molecule is COc1ccc(C(O)Cc2ccccc2)c(OC)c1. The van der Waals surface area contributed by atoms with Crippen LogP contribution in [0.15, 0.2) is 48.5 Å². The van der Waals surface area contributed by atoms with Gasteiger partial charge in [0.2, 0.25) is 0 Å². The lowest BCUT2D eigenvalue weighted by atomic mass is 10.0. The third-order valence-corrected chi connectivity index (χ3v) is 3.07. The van der Waals surface area contributed by atoms with Gasteiger partial charge in [0, 0.05) is 18.1 Å². The van der Waals surface area contributed by atoms with Crippen LogP contribution in [0, 0.1) is 0 Å². The molecule has 0 aliphatic heterocycles. The van der Waals surface area contributed by atoms with Crippen molar-refractivity contribution in [3.05, 3.63) is 59.7 Å². The van der Waals surface area contributed by atoms with Crippen molar-refractivity contribution in [3.8, 4) is 11.5 Å². The molecule has 0 aromatic heterocycles. The van der Waals surface area contributed by atoms with Gasteiger partial charge in [-0.15, -0.1) is 0 Å². The maximum Gasteiger partial charge on any atom is 0.128 e. The average molecular weight is 258 g/mol. The first-order chi connectivity index (χ1) is 9.24. The number of methoxy groups -OCH3 is 2. The van der Waals surface area contributed by atoms with Crippen molar-refractivity contribution in [1.82, 2.24) is 0 Å². The van der Waals surface area contributed by atoms with Crippen molar-refractivity contribution in [2.45, 2.75) is 12.5 Å². The van der Waals surface area contributed by atoms with E-state index in [-0.39, 0.29) is 0 Å². The summed E-state index contributed by atoms with van der Waals surface area (Å²) in [5.41, 5.74) is 1.86. The molecule has 1 atom stereocenters. The number of aliphatic hydroxyl groups excluding tert-OH is 1. The van der Waals surface area contributed by atoms with Gasteiger partial charge in [-0.05, 0) is 17.7 Å². The smallest absolute Gasteiger partial charge is 0.128 e. The largest absolute Gasteiger partial charge is 0.497 e. The van der Waals surface area contributed by atoms with Crippen LogP contribution < -0.4 is 9.47 Å². The van der Waals surface area contributed by atoms with Gasteiger partial charge in [0.1, 0.15) is 11.5 Å². The molecular formula is C16H18O3. The highest BCUT2D eigenvalue weighted by atomic mass is 16.5. The molecule has 2 aromatic carbocycles. The van der Waals surface area contributed by atoms with Crippen LogP contribution >= 0.6 is 0 Å². The van der Waals surface area contributed by atoms with E-state index in [0.29, 0.717) is 17.9 Å². The molecule has 0 saturated heterocycles. The van der Waals surface area contributed by atoms with Crippen LogP contribution in [0.4, 0.5) is 0 Å². The van der Waals surface area contributed by atoms with Crippen molar-refractivity contribution in [3.63, 3.8) is 0 Å². The van der Waals surface area contributed by atoms with Crippen LogP contribution in [-0.4, -0.2) is 19.3 Å². The average Bonchev–Trinajstić information content (AvgIpc) is 2.47. The zero-order chi connectivity index (χ0) is 13.7. The Kier molecular flexibility index (Phi) is 4.42. The van der Waals surface area contributed by atoms with Crippen LogP contribution in [0.5, 0.6) is 11.5 Å². The van der Waals surface area contributed by atoms with Gasteiger partial charge in [-0.25, -0.2) is 0 Å². The molecule has 0 saturated carbocycles. The van der Waals surface area contributed by atoms with Gasteiger partial charge < -0.3 is 14.6 Å². The molecule has 0 amide bonds. The predicted octanol–water partition coefficient (Wildman–Crippen LogP) is 2.98. The summed E-state index contributed by atoms with van der Waals surface area (Å²) in [5.74, 6) is 1.36. The van der Waals surface area contributed by atoms with E-state index in [4.69, 9.17) is 9.47 Å². The number of hydrogen-bond acceptors (Lipinski definition) is 3. The molecule has 2 rings (SSSR count). The quantitative estimate of drug-likeness (QED) is 0.896. The predicted molar refractivity (Wildman–Crippen MR) is 74.7 cm³/mol. The van der Waals surface area contributed by atoms with E-state index >= 15 is 0 Å². The molecular weight excluding hydrogens is 240 g/mol. The molecule has 3 heteroatoms. The minimum Gasteiger partial charge on any atom is -0.497 e. The number of ether oxygens (including phenoxy) is 2. The van der Waals surface area contributed by atoms with Crippen LogP contribution in [0.25, 0.3) is 0 Å². The fourth-order valence-corrected chi connectivity index (χ4v) is 2.04. The monoisotopic (exact) mass is 258 g/mol. The van der Waals surface area contributed by atoms with Gasteiger partial charge >= 0.3 is 0 Å². The molecule has 0 aliphatic carbocycles. The lowest BCUT2D eigenvalue weighted by Crippen LogP contribution is -2.04. The van der Waals surface area contributed by atoms with Crippen LogP contribution in [0.2, 0.25) is 0 Å². The highest BCUT2D eigenvalue weighted by Gasteiger charge is 2.14. The van der Waals surface area contributed by atoms with E-state index in [1.165, 1.54) is 0 Å². The van der Waals surface area contributed by atoms with Gasteiger partial charge in [0.05, 0.1) is 20.3 Å². The zero-order valence-corrected chi connectivity index (χ0v) is 11.2. The van der Waals surface area contributed by atoms with Crippen molar-refractivity contribution in [2.24, 2.45) is 0 Å². The van der Waals surface area contributed by atoms with Gasteiger partial charge in [-0.2, -0.15) is 0 Å². The van der Waals surface area contributed by atoms with Gasteiger partial charge in [0.25, 0.3) is 0 Å². The van der Waals surface area contributed by atoms with E-state index in [0.717, 1.165) is 11.1 Å². The molecule has 19 heavy (non-hydrogen) atoms. The van der Waals surface area contributed by atoms with Crippen molar-refractivity contribution >= 4 is 0 Å². The number of aliphatic hydroxyl groups is 1. The Labute approximate surface area is 113 Å². The summed E-state index contributed by atoms with van der Waals surface area (Å²) in [6.07, 6.45) is -0.0352. The molecule has 100 valence electrons. The number of benzene rings is 2. The van der Waals surface area contributed by atoms with E-state index in [9.17, 15) is 5.11 Å². The Morgan fingerprint density at radius 1 is 1.00 bits per heavy atom. The second-order valence-electron chi connectivity index (χ2n) is 4.31. The van der Waals surface area contributed by atoms with E-state index in [2.05, 4.69) is 0 Å². The molecule has 0 radical (unpaired) electrons. The first-order valence-electron chi connectivity index (χ1n) is 6.18. The van der Waals surface area contributed by atoms with Crippen molar-refractivity contribution in [2.75, 3.05) is 14.2 Å². The topological polar surface area (TPSA) is 38.7 Å². The highest BCUT2D eigenvalue weighted by molar-refractivity contribution is 5.42. The summed E-state index contributed by atoms with van der Waals surface area (Å²) < 4.78 is 10.5. The minimum atomic E-state index is -0.594. The normalized spacial score (nSPS) is 11.9. The Hall–Kier alpha value is -2.00. The van der Waals surface area contributed by atoms with Gasteiger partial charge in [0.15, 0.2) is 0 Å². The van der Waals surface area contributed by atoms with Gasteiger partial charge in [-0.3, -0.25) is 0 Å². The van der Waals surface area contributed by atoms with E-state index in [1.807, 2.05) is 42.5 Å². The molecule has 1 N–H and O–H groups in total. The molecule has 2 aromatic rings. The summed E-state index contributed by atoms with van der Waals surface area (Å²) in [6, 6.07) is 15.3. The molecule has 3 nitrogen and oxygen atoms in total. The lowest BCUT2D eigenvalue weighted by Gasteiger charge is -2.15. The summed E-state index contributed by atoms with van der Waals surface area (Å²) in [4.78, 5) is 0. The first kappa shape index (κ1) is 13.4. The Balaban J connectivity index is 2.21. The first-order valence-corrected chi connectivity index (χ1v) is 6.18. The number of hydrogen-bond donors (Lipinski definition) is 1. The molecule has 1 unspecified atom stereocenters. The zero-order valence-electron chi connectivity index (χ0n) is 11.2. The van der Waals surface area contributed by atoms with E-state index in [1.54, 1.807) is 20.3 Å². The molecule has 0 spiro atoms. The third-order valence-electron chi connectivity index (χ3n) is 3.07. The van der Waals surface area contributed by atoms with Crippen LogP contribution in [0.1, 0.15) is 17.2 Å². The summed E-state index contributed by atoms with van der Waals surface area (Å²) in [5, 5.41) is 10.3. The molecule has 0 aliphatic rings. The fraction of sp³-hybridized carbons (Fsp3) is 0.250. The molecule has 0 fully saturated rings. The maximum absolute atomic E-state index is 10.3. The fourth-order valence-electron chi connectivity index (χ4n) is 2.04. The highest BCUT2D eigenvalue weighted by Crippen LogP contribution is 2.31. The van der Waals surface area contributed by atoms with Gasteiger partial charge in [-0.1, -0.05) is 30.3 Å². The molecule has 0 heterocycles. The standard InChI is InChI=1S/C16H18O3/c1-18-13-8-9-14(16(11-13)19-2)15(17)10-12-6-4-3-5-7-12/h3-9,11,15,17H,10H2,1-2H3. The summed E-state index contributed by atoms with van der Waals surface area (Å²) in [7, 11) is 3.20. The number of rotatable bonds is 5. The van der Waals surface area contributed by atoms with Crippen molar-refractivity contribution in [1.29, 1.82) is 0 Å². The Bertz CT molecular complexity index is 523. The van der Waals surface area contributed by atoms with Crippen LogP contribution in [0.3, 0.4) is 0 Å². The van der Waals surface area contributed by atoms with Crippen LogP contribution in [-0.2, 0) is 6.42 Å². The summed E-state index contributed by atoms with van der Waals surface area (Å²) in [6.45, 7) is 0. The third kappa shape index (κ3) is 3.26. The lowest BCUT2D eigenvalue weighted by molar-refractivity contribution is 0.174. The Morgan fingerprint density at radius 2 is 1.74 bits per heavy atom. The molecule has 0 bridgehead atoms. The van der Waals surface area contributed by atoms with Crippen molar-refractivity contribution < 1.29 is 14.6 Å². The minimum absolute atomic E-state index is 0.559. The Morgan fingerprint density at radius 3 is 2.37 bits per heavy atom. The second kappa shape index (κ2) is 6.25. The summed E-state index contributed by atoms with van der Waals surface area (Å²) >= 11 is 0.